The molecule has 116 valence electrons. The summed E-state index contributed by atoms with van der Waals surface area (Å²) in [6, 6.07) is 6.86. The predicted octanol–water partition coefficient (Wildman–Crippen LogP) is 2.57. The number of halogens is 1. The van der Waals surface area contributed by atoms with Gasteiger partial charge in [-0.25, -0.2) is 0 Å². The van der Waals surface area contributed by atoms with E-state index in [1.807, 2.05) is 24.0 Å². The molecule has 1 aromatic carbocycles. The summed E-state index contributed by atoms with van der Waals surface area (Å²) in [4.78, 5) is 15.9. The van der Waals surface area contributed by atoms with Gasteiger partial charge in [0.25, 0.3) is 0 Å². The highest BCUT2D eigenvalue weighted by molar-refractivity contribution is 6.30. The average Bonchev–Trinajstić information content (AvgIpc) is 3.20. The van der Waals surface area contributed by atoms with Crippen LogP contribution in [0.25, 0.3) is 11.4 Å². The number of carbonyl (C=O) groups is 1. The lowest BCUT2D eigenvalue weighted by molar-refractivity contribution is -0.134. The maximum Gasteiger partial charge on any atom is 0.249 e. The second-order valence-corrected chi connectivity index (χ2v) is 5.83. The monoisotopic (exact) mass is 319 g/mol. The van der Waals surface area contributed by atoms with Crippen molar-refractivity contribution in [3.63, 3.8) is 0 Å². The molecule has 0 N–H and O–H groups in total. The molecular formula is C15H18ClN5O. The highest BCUT2D eigenvalue weighted by Crippen LogP contribution is 2.20. The first kappa shape index (κ1) is 15.0. The summed E-state index contributed by atoms with van der Waals surface area (Å²) in [5, 5.41) is 13.2. The summed E-state index contributed by atoms with van der Waals surface area (Å²) in [6.45, 7) is 3.62. The van der Waals surface area contributed by atoms with E-state index < -0.39 is 0 Å². The molecule has 2 aromatic rings. The Morgan fingerprint density at radius 3 is 2.59 bits per heavy atom. The topological polar surface area (TPSA) is 63.9 Å². The quantitative estimate of drug-likeness (QED) is 0.869. The number of amides is 1. The fourth-order valence-corrected chi connectivity index (χ4v) is 2.78. The smallest absolute Gasteiger partial charge is 0.249 e. The Hall–Kier alpha value is -1.95. The highest BCUT2D eigenvalue weighted by Gasteiger charge is 2.28. The Labute approximate surface area is 134 Å². The van der Waals surface area contributed by atoms with Crippen LogP contribution in [0.3, 0.4) is 0 Å². The van der Waals surface area contributed by atoms with Crippen LogP contribution in [0.2, 0.25) is 5.02 Å². The van der Waals surface area contributed by atoms with Crippen LogP contribution in [-0.2, 0) is 4.79 Å². The average molecular weight is 320 g/mol. The van der Waals surface area contributed by atoms with Gasteiger partial charge in [0.2, 0.25) is 11.7 Å². The summed E-state index contributed by atoms with van der Waals surface area (Å²) in [5.41, 5.74) is 0.833. The summed E-state index contributed by atoms with van der Waals surface area (Å²) in [6.07, 6.45) is 2.79. The van der Waals surface area contributed by atoms with E-state index in [0.717, 1.165) is 31.5 Å². The Bertz CT molecular complexity index is 648. The molecule has 1 saturated heterocycles. The van der Waals surface area contributed by atoms with Crippen molar-refractivity contribution in [2.45, 2.75) is 32.2 Å². The van der Waals surface area contributed by atoms with Gasteiger partial charge in [-0.05, 0) is 48.7 Å². The molecule has 0 aliphatic carbocycles. The van der Waals surface area contributed by atoms with E-state index in [0.29, 0.717) is 17.3 Å². The fourth-order valence-electron chi connectivity index (χ4n) is 2.66. The first-order chi connectivity index (χ1) is 10.7. The molecule has 6 nitrogen and oxygen atoms in total. The summed E-state index contributed by atoms with van der Waals surface area (Å²) in [5.74, 6) is 0.587. The van der Waals surface area contributed by atoms with Gasteiger partial charge in [0.15, 0.2) is 6.04 Å². The zero-order valence-electron chi connectivity index (χ0n) is 12.4. The van der Waals surface area contributed by atoms with Gasteiger partial charge in [0, 0.05) is 23.7 Å². The minimum Gasteiger partial charge on any atom is -0.341 e. The molecule has 1 aliphatic heterocycles. The Morgan fingerprint density at radius 2 is 1.95 bits per heavy atom. The molecule has 1 fully saturated rings. The van der Waals surface area contributed by atoms with Crippen molar-refractivity contribution in [3.8, 4) is 11.4 Å². The number of likely N-dealkylation sites (tertiary alicyclic amines) is 1. The van der Waals surface area contributed by atoms with Gasteiger partial charge in [-0.1, -0.05) is 18.5 Å². The van der Waals surface area contributed by atoms with Crippen molar-refractivity contribution >= 4 is 17.5 Å². The highest BCUT2D eigenvalue weighted by atomic mass is 35.5. The Balaban J connectivity index is 1.81. The maximum atomic E-state index is 12.5. The third kappa shape index (κ3) is 2.97. The second-order valence-electron chi connectivity index (χ2n) is 5.40. The van der Waals surface area contributed by atoms with Gasteiger partial charge in [0.05, 0.1) is 0 Å². The molecule has 0 radical (unpaired) electrons. The van der Waals surface area contributed by atoms with Crippen molar-refractivity contribution in [1.82, 2.24) is 25.1 Å². The minimum absolute atomic E-state index is 0.0834. The molecule has 1 aromatic heterocycles. The lowest BCUT2D eigenvalue weighted by Crippen LogP contribution is -2.35. The normalized spacial score (nSPS) is 16.0. The summed E-state index contributed by atoms with van der Waals surface area (Å²) < 4.78 is 0. The maximum absolute atomic E-state index is 12.5. The Kier molecular flexibility index (Phi) is 4.38. The second kappa shape index (κ2) is 6.44. The van der Waals surface area contributed by atoms with E-state index in [9.17, 15) is 4.79 Å². The number of hydrogen-bond acceptors (Lipinski definition) is 4. The first-order valence-corrected chi connectivity index (χ1v) is 7.91. The van der Waals surface area contributed by atoms with Crippen LogP contribution in [0.1, 0.15) is 32.2 Å². The molecule has 7 heteroatoms. The lowest BCUT2D eigenvalue weighted by atomic mass is 10.2. The standard InChI is InChI=1S/C15H18ClN5O/c1-2-13(15(22)20-9-3-4-10-20)21-18-14(17-19-21)11-5-7-12(16)8-6-11/h5-8,13H,2-4,9-10H2,1H3. The van der Waals surface area contributed by atoms with Crippen LogP contribution in [0.5, 0.6) is 0 Å². The molecule has 1 amide bonds. The van der Waals surface area contributed by atoms with E-state index in [2.05, 4.69) is 15.4 Å². The molecular weight excluding hydrogens is 302 g/mol. The van der Waals surface area contributed by atoms with Crippen molar-refractivity contribution in [2.24, 2.45) is 0 Å². The van der Waals surface area contributed by atoms with Crippen LogP contribution in [0.4, 0.5) is 0 Å². The van der Waals surface area contributed by atoms with Gasteiger partial charge >= 0.3 is 0 Å². The number of tetrazole rings is 1. The third-order valence-electron chi connectivity index (χ3n) is 3.90. The van der Waals surface area contributed by atoms with Gasteiger partial charge in [0.1, 0.15) is 0 Å². The van der Waals surface area contributed by atoms with Crippen molar-refractivity contribution in [3.05, 3.63) is 29.3 Å². The number of benzene rings is 1. The number of aromatic nitrogens is 4. The van der Waals surface area contributed by atoms with Crippen LogP contribution in [0.15, 0.2) is 24.3 Å². The molecule has 1 aliphatic rings. The summed E-state index contributed by atoms with van der Waals surface area (Å²) >= 11 is 5.88. The zero-order valence-corrected chi connectivity index (χ0v) is 13.2. The van der Waals surface area contributed by atoms with Crippen LogP contribution in [-0.4, -0.2) is 44.1 Å². The minimum atomic E-state index is -0.383. The Morgan fingerprint density at radius 1 is 1.27 bits per heavy atom. The largest absolute Gasteiger partial charge is 0.341 e. The predicted molar refractivity (Wildman–Crippen MR) is 83.4 cm³/mol. The van der Waals surface area contributed by atoms with E-state index in [-0.39, 0.29) is 11.9 Å². The number of carbonyl (C=O) groups excluding carboxylic acids is 1. The van der Waals surface area contributed by atoms with E-state index in [4.69, 9.17) is 11.6 Å². The molecule has 3 rings (SSSR count). The lowest BCUT2D eigenvalue weighted by Gasteiger charge is -2.20. The van der Waals surface area contributed by atoms with Crippen molar-refractivity contribution in [1.29, 1.82) is 0 Å². The van der Waals surface area contributed by atoms with Crippen LogP contribution < -0.4 is 0 Å². The van der Waals surface area contributed by atoms with Crippen LogP contribution in [0, 0.1) is 0 Å². The molecule has 0 bridgehead atoms. The van der Waals surface area contributed by atoms with Gasteiger partial charge in [-0.3, -0.25) is 4.79 Å². The third-order valence-corrected chi connectivity index (χ3v) is 4.15. The van der Waals surface area contributed by atoms with Crippen molar-refractivity contribution in [2.75, 3.05) is 13.1 Å². The molecule has 1 unspecified atom stereocenters. The molecule has 0 spiro atoms. The van der Waals surface area contributed by atoms with E-state index in [1.54, 1.807) is 12.1 Å². The molecule has 0 saturated carbocycles. The van der Waals surface area contributed by atoms with Gasteiger partial charge in [-0.2, -0.15) is 4.80 Å². The number of rotatable bonds is 4. The molecule has 1 atom stereocenters. The fraction of sp³-hybridized carbons (Fsp3) is 0.467. The zero-order chi connectivity index (χ0) is 15.5. The van der Waals surface area contributed by atoms with Gasteiger partial charge in [-0.15, -0.1) is 10.2 Å². The molecule has 22 heavy (non-hydrogen) atoms. The van der Waals surface area contributed by atoms with Gasteiger partial charge < -0.3 is 4.90 Å². The number of nitrogens with zero attached hydrogens (tertiary/aromatic N) is 5. The summed E-state index contributed by atoms with van der Waals surface area (Å²) in [7, 11) is 0. The van der Waals surface area contributed by atoms with E-state index in [1.165, 1.54) is 4.80 Å². The van der Waals surface area contributed by atoms with Crippen molar-refractivity contribution < 1.29 is 4.79 Å². The SMILES string of the molecule is CCC(C(=O)N1CCCC1)n1nnc(-c2ccc(Cl)cc2)n1. The first-order valence-electron chi connectivity index (χ1n) is 7.53. The van der Waals surface area contributed by atoms with Crippen LogP contribution >= 0.6 is 11.6 Å². The number of hydrogen-bond donors (Lipinski definition) is 0. The molecule has 2 heterocycles. The van der Waals surface area contributed by atoms with E-state index >= 15 is 0 Å².